The van der Waals surface area contributed by atoms with Crippen molar-refractivity contribution in [2.75, 3.05) is 27.3 Å². The van der Waals surface area contributed by atoms with E-state index < -0.39 is 12.1 Å². The van der Waals surface area contributed by atoms with Crippen molar-refractivity contribution in [1.82, 2.24) is 4.90 Å². The second-order valence-corrected chi connectivity index (χ2v) is 5.52. The van der Waals surface area contributed by atoms with Gasteiger partial charge in [0.1, 0.15) is 11.6 Å². The molecule has 1 aromatic carbocycles. The van der Waals surface area contributed by atoms with Crippen molar-refractivity contribution in [3.8, 4) is 17.6 Å². The molecule has 26 heavy (non-hydrogen) atoms. The van der Waals surface area contributed by atoms with E-state index in [0.717, 1.165) is 0 Å². The maximum Gasteiger partial charge on any atom is 0.348 e. The summed E-state index contributed by atoms with van der Waals surface area (Å²) in [5.74, 6) is -0.0360. The fourth-order valence-electron chi connectivity index (χ4n) is 2.10. The second-order valence-electron chi connectivity index (χ2n) is 5.52. The molecule has 7 nitrogen and oxygen atoms in total. The summed E-state index contributed by atoms with van der Waals surface area (Å²) in [4.78, 5) is 25.1. The highest BCUT2D eigenvalue weighted by Crippen LogP contribution is 2.30. The van der Waals surface area contributed by atoms with Crippen LogP contribution < -0.4 is 9.47 Å². The van der Waals surface area contributed by atoms with Crippen molar-refractivity contribution < 1.29 is 23.8 Å². The molecule has 0 aliphatic carbocycles. The Morgan fingerprint density at radius 2 is 1.92 bits per heavy atom. The Morgan fingerprint density at radius 3 is 2.46 bits per heavy atom. The molecule has 0 aliphatic heterocycles. The number of hydrogen-bond donors (Lipinski definition) is 0. The largest absolute Gasteiger partial charge is 0.490 e. The van der Waals surface area contributed by atoms with Gasteiger partial charge in [-0.3, -0.25) is 4.79 Å². The Bertz CT molecular complexity index is 719. The lowest BCUT2D eigenvalue weighted by Gasteiger charge is -2.20. The summed E-state index contributed by atoms with van der Waals surface area (Å²) in [6, 6.07) is 6.77. The van der Waals surface area contributed by atoms with Gasteiger partial charge in [-0.1, -0.05) is 6.07 Å². The van der Waals surface area contributed by atoms with Gasteiger partial charge in [0, 0.05) is 14.1 Å². The van der Waals surface area contributed by atoms with Crippen LogP contribution in [0.15, 0.2) is 23.8 Å². The SMILES string of the molecule is CCOC(=O)/C(C#N)=C/c1ccc(OC(C)C(=O)N(C)C)c(OCC)c1. The summed E-state index contributed by atoms with van der Waals surface area (Å²) < 4.78 is 16.1. The monoisotopic (exact) mass is 360 g/mol. The summed E-state index contributed by atoms with van der Waals surface area (Å²) >= 11 is 0. The zero-order chi connectivity index (χ0) is 19.7. The average molecular weight is 360 g/mol. The molecule has 1 amide bonds. The van der Waals surface area contributed by atoms with Crippen LogP contribution in [0.5, 0.6) is 11.5 Å². The first-order chi connectivity index (χ1) is 12.3. The van der Waals surface area contributed by atoms with Gasteiger partial charge in [0.15, 0.2) is 17.6 Å². The molecule has 1 unspecified atom stereocenters. The van der Waals surface area contributed by atoms with Gasteiger partial charge < -0.3 is 19.1 Å². The van der Waals surface area contributed by atoms with Crippen LogP contribution >= 0.6 is 0 Å². The third-order valence-corrected chi connectivity index (χ3v) is 3.29. The number of nitrogens with zero attached hydrogens (tertiary/aromatic N) is 2. The first-order valence-electron chi connectivity index (χ1n) is 8.27. The number of benzene rings is 1. The van der Waals surface area contributed by atoms with Gasteiger partial charge in [0.2, 0.25) is 0 Å². The summed E-state index contributed by atoms with van der Waals surface area (Å²) in [6.07, 6.45) is 0.735. The third kappa shape index (κ3) is 5.81. The highest BCUT2D eigenvalue weighted by Gasteiger charge is 2.19. The molecule has 140 valence electrons. The van der Waals surface area contributed by atoms with E-state index in [1.165, 1.54) is 11.0 Å². The highest BCUT2D eigenvalue weighted by molar-refractivity contribution is 5.97. The van der Waals surface area contributed by atoms with Crippen molar-refractivity contribution in [1.29, 1.82) is 5.26 Å². The lowest BCUT2D eigenvalue weighted by molar-refractivity contribution is -0.138. The second kappa shape index (κ2) is 10.1. The van der Waals surface area contributed by atoms with Gasteiger partial charge in [-0.05, 0) is 44.5 Å². The van der Waals surface area contributed by atoms with Crippen LogP contribution in [0.2, 0.25) is 0 Å². The Kier molecular flexibility index (Phi) is 8.16. The molecule has 0 fully saturated rings. The molecule has 0 saturated heterocycles. The van der Waals surface area contributed by atoms with E-state index in [1.807, 2.05) is 13.0 Å². The number of carbonyl (C=O) groups excluding carboxylic acids is 2. The molecule has 7 heteroatoms. The van der Waals surface area contributed by atoms with Crippen molar-refractivity contribution in [2.24, 2.45) is 0 Å². The van der Waals surface area contributed by atoms with Gasteiger partial charge >= 0.3 is 5.97 Å². The standard InChI is InChI=1S/C19H24N2O5/c1-6-24-17-11-14(10-15(12-20)19(23)25-7-2)8-9-16(17)26-13(3)18(22)21(4)5/h8-11,13H,6-7H2,1-5H3/b15-10+. The zero-order valence-corrected chi connectivity index (χ0v) is 15.7. The molecule has 0 N–H and O–H groups in total. The van der Waals surface area contributed by atoms with Gasteiger partial charge in [-0.15, -0.1) is 0 Å². The molecule has 0 heterocycles. The first-order valence-corrected chi connectivity index (χ1v) is 8.27. The Hall–Kier alpha value is -3.01. The van der Waals surface area contributed by atoms with E-state index in [2.05, 4.69) is 0 Å². The fraction of sp³-hybridized carbons (Fsp3) is 0.421. The number of ether oxygens (including phenoxy) is 3. The molecule has 0 aromatic heterocycles. The fourth-order valence-corrected chi connectivity index (χ4v) is 2.10. The van der Waals surface area contributed by atoms with Gasteiger partial charge in [0.05, 0.1) is 13.2 Å². The molecule has 0 saturated carbocycles. The van der Waals surface area contributed by atoms with Crippen LogP contribution in [0.1, 0.15) is 26.3 Å². The first kappa shape index (κ1) is 21.0. The molecule has 0 aliphatic rings. The van der Waals surface area contributed by atoms with E-state index in [9.17, 15) is 9.59 Å². The molecule has 0 radical (unpaired) electrons. The maximum absolute atomic E-state index is 12.0. The van der Waals surface area contributed by atoms with Crippen molar-refractivity contribution >= 4 is 18.0 Å². The summed E-state index contributed by atoms with van der Waals surface area (Å²) in [5.41, 5.74) is 0.469. The van der Waals surface area contributed by atoms with E-state index in [1.54, 1.807) is 46.1 Å². The smallest absolute Gasteiger partial charge is 0.348 e. The van der Waals surface area contributed by atoms with Crippen LogP contribution in [0.3, 0.4) is 0 Å². The minimum Gasteiger partial charge on any atom is -0.490 e. The lowest BCUT2D eigenvalue weighted by Crippen LogP contribution is -2.35. The third-order valence-electron chi connectivity index (χ3n) is 3.29. The molecule has 0 spiro atoms. The number of hydrogen-bond acceptors (Lipinski definition) is 6. The molecular weight excluding hydrogens is 336 g/mol. The summed E-state index contributed by atoms with van der Waals surface area (Å²) in [5, 5.41) is 9.13. The molecule has 1 rings (SSSR count). The summed E-state index contributed by atoms with van der Waals surface area (Å²) in [7, 11) is 3.30. The number of likely N-dealkylation sites (N-methyl/N-ethyl adjacent to an activating group) is 1. The molecule has 1 atom stereocenters. The van der Waals surface area contributed by atoms with Crippen molar-refractivity contribution in [3.63, 3.8) is 0 Å². The quantitative estimate of drug-likeness (QED) is 0.402. The number of rotatable bonds is 8. The van der Waals surface area contributed by atoms with Crippen LogP contribution in [-0.4, -0.2) is 50.2 Å². The number of nitriles is 1. The van der Waals surface area contributed by atoms with Crippen LogP contribution in [0.4, 0.5) is 0 Å². The highest BCUT2D eigenvalue weighted by atomic mass is 16.5. The number of carbonyl (C=O) groups is 2. The van der Waals surface area contributed by atoms with Gasteiger partial charge in [-0.25, -0.2) is 4.79 Å². The molecule has 1 aromatic rings. The predicted octanol–water partition coefficient (Wildman–Crippen LogP) is 2.41. The van der Waals surface area contributed by atoms with E-state index >= 15 is 0 Å². The minimum atomic E-state index is -0.682. The average Bonchev–Trinajstić information content (AvgIpc) is 2.61. The van der Waals surface area contributed by atoms with Crippen LogP contribution in [0.25, 0.3) is 6.08 Å². The van der Waals surface area contributed by atoms with Crippen molar-refractivity contribution in [3.05, 3.63) is 29.3 Å². The minimum absolute atomic E-state index is 0.112. The summed E-state index contributed by atoms with van der Waals surface area (Å²) in [6.45, 7) is 5.72. The Balaban J connectivity index is 3.14. The molecular formula is C19H24N2O5. The Labute approximate surface area is 153 Å². The topological polar surface area (TPSA) is 88.9 Å². The Morgan fingerprint density at radius 1 is 1.23 bits per heavy atom. The predicted molar refractivity (Wildman–Crippen MR) is 96.6 cm³/mol. The molecule has 0 bridgehead atoms. The maximum atomic E-state index is 12.0. The normalized spacial score (nSPS) is 11.9. The van der Waals surface area contributed by atoms with E-state index in [-0.39, 0.29) is 18.1 Å². The van der Waals surface area contributed by atoms with Crippen LogP contribution in [-0.2, 0) is 14.3 Å². The van der Waals surface area contributed by atoms with Gasteiger partial charge in [0.25, 0.3) is 5.91 Å². The number of amides is 1. The number of esters is 1. The van der Waals surface area contributed by atoms with Gasteiger partial charge in [-0.2, -0.15) is 5.26 Å². The zero-order valence-electron chi connectivity index (χ0n) is 15.7. The lowest BCUT2D eigenvalue weighted by atomic mass is 10.1. The van der Waals surface area contributed by atoms with Crippen molar-refractivity contribution in [2.45, 2.75) is 26.9 Å². The van der Waals surface area contributed by atoms with E-state index in [4.69, 9.17) is 19.5 Å². The van der Waals surface area contributed by atoms with Crippen LogP contribution in [0, 0.1) is 11.3 Å². The van der Waals surface area contributed by atoms with E-state index in [0.29, 0.717) is 23.7 Å².